The molecule has 152 valence electrons. The average Bonchev–Trinajstić information content (AvgIpc) is 3.27. The molecule has 7 heteroatoms. The van der Waals surface area contributed by atoms with Crippen LogP contribution in [0.5, 0.6) is 0 Å². The van der Waals surface area contributed by atoms with Crippen LogP contribution in [0.2, 0.25) is 0 Å². The molecule has 0 spiro atoms. The maximum Gasteiger partial charge on any atom is 0.326 e. The normalized spacial score (nSPS) is 11.0. The maximum atomic E-state index is 13.2. The van der Waals surface area contributed by atoms with Gasteiger partial charge in [-0.1, -0.05) is 12.1 Å². The van der Waals surface area contributed by atoms with Gasteiger partial charge in [0, 0.05) is 22.6 Å². The van der Waals surface area contributed by atoms with E-state index >= 15 is 0 Å². The third-order valence-electron chi connectivity index (χ3n) is 5.01. The van der Waals surface area contributed by atoms with E-state index in [1.165, 1.54) is 12.1 Å². The van der Waals surface area contributed by atoms with Crippen molar-refractivity contribution >= 4 is 22.8 Å². The van der Waals surface area contributed by atoms with Crippen LogP contribution in [-0.4, -0.2) is 32.5 Å². The number of esters is 1. The van der Waals surface area contributed by atoms with E-state index in [2.05, 4.69) is 4.98 Å². The first kappa shape index (κ1) is 19.6. The van der Waals surface area contributed by atoms with E-state index in [0.717, 1.165) is 22.4 Å². The summed E-state index contributed by atoms with van der Waals surface area (Å²) < 4.78 is 22.0. The van der Waals surface area contributed by atoms with E-state index in [9.17, 15) is 14.0 Å². The van der Waals surface area contributed by atoms with Crippen LogP contribution >= 0.6 is 0 Å². The summed E-state index contributed by atoms with van der Waals surface area (Å²) in [7, 11) is 0. The summed E-state index contributed by atoms with van der Waals surface area (Å²) in [5.74, 6) is -1.13. The SMILES string of the molecule is Cc1cc(C(=O)COC(=O)Cn2cnc3ccccc32)c(C)n1-c1ccc(F)cc1. The molecular formula is C23H20FN3O3. The zero-order valence-electron chi connectivity index (χ0n) is 16.6. The highest BCUT2D eigenvalue weighted by Gasteiger charge is 2.18. The van der Waals surface area contributed by atoms with Gasteiger partial charge in [0.05, 0.1) is 17.4 Å². The number of fused-ring (bicyclic) bond motifs is 1. The van der Waals surface area contributed by atoms with E-state index in [4.69, 9.17) is 4.74 Å². The standard InChI is InChI=1S/C23H20FN3O3/c1-15-11-19(16(2)27(15)18-9-7-17(24)8-10-18)22(28)13-30-23(29)12-26-14-25-20-5-3-4-6-21(20)26/h3-11,14H,12-13H2,1-2H3. The molecule has 2 heterocycles. The Balaban J connectivity index is 1.44. The average molecular weight is 405 g/mol. The topological polar surface area (TPSA) is 66.1 Å². The van der Waals surface area contributed by atoms with Gasteiger partial charge in [-0.2, -0.15) is 0 Å². The van der Waals surface area contributed by atoms with Crippen LogP contribution in [0.4, 0.5) is 4.39 Å². The third kappa shape index (κ3) is 3.74. The van der Waals surface area contributed by atoms with Gasteiger partial charge in [-0.3, -0.25) is 9.59 Å². The molecule has 0 bridgehead atoms. The van der Waals surface area contributed by atoms with Gasteiger partial charge in [-0.25, -0.2) is 9.37 Å². The van der Waals surface area contributed by atoms with Crippen LogP contribution in [0.25, 0.3) is 16.7 Å². The number of benzene rings is 2. The summed E-state index contributed by atoms with van der Waals surface area (Å²) in [4.78, 5) is 29.1. The minimum absolute atomic E-state index is 0.0254. The Hall–Kier alpha value is -3.74. The van der Waals surface area contributed by atoms with Crippen molar-refractivity contribution in [1.29, 1.82) is 0 Å². The zero-order valence-corrected chi connectivity index (χ0v) is 16.6. The largest absolute Gasteiger partial charge is 0.456 e. The number of hydrogen-bond donors (Lipinski definition) is 0. The van der Waals surface area contributed by atoms with Gasteiger partial charge in [0.1, 0.15) is 12.4 Å². The van der Waals surface area contributed by atoms with Gasteiger partial charge < -0.3 is 13.9 Å². The smallest absolute Gasteiger partial charge is 0.326 e. The summed E-state index contributed by atoms with van der Waals surface area (Å²) in [5.41, 5.74) is 4.38. The van der Waals surface area contributed by atoms with Gasteiger partial charge in [0.15, 0.2) is 6.61 Å². The molecule has 30 heavy (non-hydrogen) atoms. The molecular weight excluding hydrogens is 385 g/mol. The van der Waals surface area contributed by atoms with Gasteiger partial charge in [-0.05, 0) is 56.3 Å². The second kappa shape index (κ2) is 7.94. The number of carbonyl (C=O) groups is 2. The zero-order chi connectivity index (χ0) is 21.3. The number of aromatic nitrogens is 3. The minimum Gasteiger partial charge on any atom is -0.456 e. The highest BCUT2D eigenvalue weighted by atomic mass is 19.1. The second-order valence-electron chi connectivity index (χ2n) is 7.04. The van der Waals surface area contributed by atoms with Crippen molar-refractivity contribution in [3.63, 3.8) is 0 Å². The monoisotopic (exact) mass is 405 g/mol. The fraction of sp³-hybridized carbons (Fsp3) is 0.174. The lowest BCUT2D eigenvalue weighted by Crippen LogP contribution is -2.18. The molecule has 0 amide bonds. The maximum absolute atomic E-state index is 13.2. The number of rotatable bonds is 6. The number of Topliss-reactive ketones (excluding diaryl/α,β-unsaturated/α-hetero) is 1. The van der Waals surface area contributed by atoms with Crippen LogP contribution in [0.3, 0.4) is 0 Å². The number of imidazole rings is 1. The van der Waals surface area contributed by atoms with Crippen LogP contribution in [0.1, 0.15) is 21.7 Å². The highest BCUT2D eigenvalue weighted by Crippen LogP contribution is 2.21. The van der Waals surface area contributed by atoms with Crippen molar-refractivity contribution in [2.75, 3.05) is 6.61 Å². The first-order valence-corrected chi connectivity index (χ1v) is 9.47. The Bertz CT molecular complexity index is 1240. The number of carbonyl (C=O) groups excluding carboxylic acids is 2. The fourth-order valence-corrected chi connectivity index (χ4v) is 3.58. The molecule has 4 rings (SSSR count). The molecule has 2 aromatic carbocycles. The second-order valence-corrected chi connectivity index (χ2v) is 7.04. The van der Waals surface area contributed by atoms with Crippen LogP contribution in [-0.2, 0) is 16.1 Å². The Morgan fingerprint density at radius 2 is 1.80 bits per heavy atom. The van der Waals surface area contributed by atoms with Crippen molar-refractivity contribution < 1.29 is 18.7 Å². The van der Waals surface area contributed by atoms with E-state index in [1.54, 1.807) is 29.1 Å². The number of ketones is 1. The van der Waals surface area contributed by atoms with Crippen molar-refractivity contribution in [2.24, 2.45) is 0 Å². The number of aryl methyl sites for hydroxylation is 1. The molecule has 0 unspecified atom stereocenters. The molecule has 0 fully saturated rings. The Labute approximate surface area is 172 Å². The van der Waals surface area contributed by atoms with Crippen molar-refractivity contribution in [3.05, 3.63) is 83.7 Å². The quantitative estimate of drug-likeness (QED) is 0.359. The highest BCUT2D eigenvalue weighted by molar-refractivity contribution is 5.99. The number of nitrogens with zero attached hydrogens (tertiary/aromatic N) is 3. The Morgan fingerprint density at radius 1 is 1.07 bits per heavy atom. The van der Waals surface area contributed by atoms with Crippen molar-refractivity contribution in [1.82, 2.24) is 14.1 Å². The number of hydrogen-bond acceptors (Lipinski definition) is 4. The van der Waals surface area contributed by atoms with Crippen molar-refractivity contribution in [2.45, 2.75) is 20.4 Å². The molecule has 0 saturated heterocycles. The predicted octanol–water partition coefficient (Wildman–Crippen LogP) is 4.01. The Morgan fingerprint density at radius 3 is 2.57 bits per heavy atom. The molecule has 4 aromatic rings. The summed E-state index contributed by atoms with van der Waals surface area (Å²) in [6, 6.07) is 15.3. The molecule has 0 aliphatic heterocycles. The minimum atomic E-state index is -0.515. The van der Waals surface area contributed by atoms with Gasteiger partial charge in [0.25, 0.3) is 0 Å². The molecule has 0 N–H and O–H groups in total. The van der Waals surface area contributed by atoms with Crippen molar-refractivity contribution in [3.8, 4) is 5.69 Å². The molecule has 0 aliphatic rings. The lowest BCUT2D eigenvalue weighted by molar-refractivity contribution is -0.143. The van der Waals surface area contributed by atoms with Gasteiger partial charge in [-0.15, -0.1) is 0 Å². The van der Waals surface area contributed by atoms with Crippen LogP contribution < -0.4 is 0 Å². The summed E-state index contributed by atoms with van der Waals surface area (Å²) in [6.45, 7) is 3.30. The van der Waals surface area contributed by atoms with Crippen LogP contribution in [0.15, 0.2) is 60.9 Å². The molecule has 0 radical (unpaired) electrons. The van der Waals surface area contributed by atoms with E-state index in [-0.39, 0.29) is 24.8 Å². The number of para-hydroxylation sites is 2. The lowest BCUT2D eigenvalue weighted by Gasteiger charge is -2.10. The number of ether oxygens (including phenoxy) is 1. The van der Waals surface area contributed by atoms with Gasteiger partial charge in [0.2, 0.25) is 5.78 Å². The first-order valence-electron chi connectivity index (χ1n) is 9.47. The van der Waals surface area contributed by atoms with E-state index in [0.29, 0.717) is 11.3 Å². The molecule has 6 nitrogen and oxygen atoms in total. The Kier molecular flexibility index (Phi) is 5.18. The molecule has 2 aromatic heterocycles. The fourth-order valence-electron chi connectivity index (χ4n) is 3.58. The molecule has 0 saturated carbocycles. The molecule has 0 atom stereocenters. The summed E-state index contributed by atoms with van der Waals surface area (Å²) in [6.07, 6.45) is 1.57. The number of halogens is 1. The van der Waals surface area contributed by atoms with Gasteiger partial charge >= 0.3 is 5.97 Å². The summed E-state index contributed by atoms with van der Waals surface area (Å²) >= 11 is 0. The van der Waals surface area contributed by atoms with E-state index in [1.807, 2.05) is 42.7 Å². The first-order chi connectivity index (χ1) is 14.4. The lowest BCUT2D eigenvalue weighted by atomic mass is 10.1. The molecule has 0 aliphatic carbocycles. The predicted molar refractivity (Wildman–Crippen MR) is 110 cm³/mol. The van der Waals surface area contributed by atoms with E-state index < -0.39 is 5.97 Å². The third-order valence-corrected chi connectivity index (χ3v) is 5.01. The summed E-state index contributed by atoms with van der Waals surface area (Å²) in [5, 5.41) is 0. The van der Waals surface area contributed by atoms with Crippen LogP contribution in [0, 0.1) is 19.7 Å².